The van der Waals surface area contributed by atoms with Crippen LogP contribution in [0.1, 0.15) is 30.3 Å². The number of aromatic nitrogens is 2. The molecule has 1 aromatic heterocycles. The van der Waals surface area contributed by atoms with Crippen molar-refractivity contribution in [3.63, 3.8) is 0 Å². The molecule has 6 nitrogen and oxygen atoms in total. The molecule has 1 amide bonds. The molecule has 0 aliphatic rings. The van der Waals surface area contributed by atoms with Crippen molar-refractivity contribution >= 4 is 17.5 Å². The van der Waals surface area contributed by atoms with Crippen LogP contribution in [0.3, 0.4) is 0 Å². The third-order valence-electron chi connectivity index (χ3n) is 4.48. The van der Waals surface area contributed by atoms with Crippen molar-refractivity contribution in [3.8, 4) is 11.5 Å². The third-order valence-corrected chi connectivity index (χ3v) is 4.73. The minimum absolute atomic E-state index is 0.0690. The van der Waals surface area contributed by atoms with Crippen LogP contribution in [-0.2, 0) is 11.8 Å². The van der Waals surface area contributed by atoms with E-state index in [0.29, 0.717) is 24.5 Å². The maximum absolute atomic E-state index is 12.6. The number of rotatable bonds is 9. The number of carbonyl (C=O) groups excluding carboxylic acids is 1. The predicted octanol–water partition coefficient (Wildman–Crippen LogP) is 4.15. The first-order valence-electron chi connectivity index (χ1n) is 9.35. The van der Waals surface area contributed by atoms with E-state index < -0.39 is 0 Å². The number of nitrogens with zero attached hydrogens (tertiary/aromatic N) is 2. The fraction of sp³-hybridized carbons (Fsp3) is 0.273. The number of halogens is 1. The van der Waals surface area contributed by atoms with E-state index in [1.165, 1.54) is 0 Å². The third kappa shape index (κ3) is 5.74. The summed E-state index contributed by atoms with van der Waals surface area (Å²) in [6, 6.07) is 14.4. The molecule has 152 valence electrons. The molecular weight excluding hydrogens is 390 g/mol. The van der Waals surface area contributed by atoms with Crippen LogP contribution >= 0.6 is 11.6 Å². The summed E-state index contributed by atoms with van der Waals surface area (Å²) in [6.07, 6.45) is 4.52. The largest absolute Gasteiger partial charge is 0.497 e. The Bertz CT molecular complexity index is 940. The number of ether oxygens (including phenoxy) is 2. The summed E-state index contributed by atoms with van der Waals surface area (Å²) < 4.78 is 12.9. The molecule has 0 saturated heterocycles. The summed E-state index contributed by atoms with van der Waals surface area (Å²) in [6.45, 7) is 0.446. The summed E-state index contributed by atoms with van der Waals surface area (Å²) in [5.41, 5.74) is 0.907. The first-order chi connectivity index (χ1) is 14.1. The number of aryl methyl sites for hydroxylation is 1. The van der Waals surface area contributed by atoms with Crippen LogP contribution in [-0.4, -0.2) is 29.2 Å². The minimum atomic E-state index is -0.366. The maximum atomic E-state index is 12.6. The SMILES string of the molecule is COc1cccc(C(NC(=O)CCCOc2ccc(Cl)cc2)c2nccn2C)c1. The van der Waals surface area contributed by atoms with Crippen molar-refractivity contribution < 1.29 is 14.3 Å². The lowest BCUT2D eigenvalue weighted by Crippen LogP contribution is -2.31. The zero-order valence-electron chi connectivity index (χ0n) is 16.5. The molecule has 1 heterocycles. The van der Waals surface area contributed by atoms with E-state index in [4.69, 9.17) is 21.1 Å². The van der Waals surface area contributed by atoms with Gasteiger partial charge in [0.1, 0.15) is 23.4 Å². The van der Waals surface area contributed by atoms with Gasteiger partial charge in [0.25, 0.3) is 0 Å². The van der Waals surface area contributed by atoms with Gasteiger partial charge in [-0.1, -0.05) is 23.7 Å². The molecule has 0 bridgehead atoms. The van der Waals surface area contributed by atoms with Crippen LogP contribution in [0.25, 0.3) is 0 Å². The first kappa shape index (κ1) is 20.7. The Balaban J connectivity index is 1.60. The van der Waals surface area contributed by atoms with E-state index in [0.717, 1.165) is 22.9 Å². The molecule has 0 aliphatic heterocycles. The molecule has 3 rings (SSSR count). The predicted molar refractivity (Wildman–Crippen MR) is 112 cm³/mol. The van der Waals surface area contributed by atoms with Crippen molar-refractivity contribution in [2.45, 2.75) is 18.9 Å². The maximum Gasteiger partial charge on any atom is 0.220 e. The number of amides is 1. The number of imidazole rings is 1. The topological polar surface area (TPSA) is 65.4 Å². The highest BCUT2D eigenvalue weighted by Gasteiger charge is 2.21. The second-order valence-electron chi connectivity index (χ2n) is 6.58. The monoisotopic (exact) mass is 413 g/mol. The zero-order valence-corrected chi connectivity index (χ0v) is 17.2. The Morgan fingerprint density at radius 3 is 2.69 bits per heavy atom. The average Bonchev–Trinajstić information content (AvgIpc) is 3.16. The van der Waals surface area contributed by atoms with E-state index in [2.05, 4.69) is 10.3 Å². The molecule has 3 aromatic rings. The minimum Gasteiger partial charge on any atom is -0.497 e. The molecule has 0 radical (unpaired) electrons. The van der Waals surface area contributed by atoms with Crippen molar-refractivity contribution in [1.29, 1.82) is 0 Å². The highest BCUT2D eigenvalue weighted by molar-refractivity contribution is 6.30. The van der Waals surface area contributed by atoms with Gasteiger partial charge < -0.3 is 19.4 Å². The molecule has 1 atom stereocenters. The van der Waals surface area contributed by atoms with Gasteiger partial charge in [-0.25, -0.2) is 4.98 Å². The molecule has 0 fully saturated rings. The highest BCUT2D eigenvalue weighted by Crippen LogP contribution is 2.24. The van der Waals surface area contributed by atoms with Gasteiger partial charge >= 0.3 is 0 Å². The van der Waals surface area contributed by atoms with Crippen molar-refractivity contribution in [2.75, 3.05) is 13.7 Å². The van der Waals surface area contributed by atoms with Crippen molar-refractivity contribution in [3.05, 3.63) is 77.3 Å². The van der Waals surface area contributed by atoms with Gasteiger partial charge in [0, 0.05) is 30.9 Å². The quantitative estimate of drug-likeness (QED) is 0.535. The van der Waals surface area contributed by atoms with Crippen LogP contribution in [0.2, 0.25) is 5.02 Å². The van der Waals surface area contributed by atoms with Gasteiger partial charge in [0.2, 0.25) is 5.91 Å². The standard InChI is InChI=1S/C22H24ClN3O3/c1-26-13-12-24-22(26)21(16-5-3-6-19(15-16)28-2)25-20(27)7-4-14-29-18-10-8-17(23)9-11-18/h3,5-6,8-13,15,21H,4,7,14H2,1-2H3,(H,25,27). The van der Waals surface area contributed by atoms with E-state index in [1.807, 2.05) is 54.2 Å². The second-order valence-corrected chi connectivity index (χ2v) is 7.02. The van der Waals surface area contributed by atoms with Gasteiger partial charge in [-0.05, 0) is 48.4 Å². The highest BCUT2D eigenvalue weighted by atomic mass is 35.5. The number of carbonyl (C=O) groups is 1. The number of hydrogen-bond donors (Lipinski definition) is 1. The van der Waals surface area contributed by atoms with Gasteiger partial charge in [-0.2, -0.15) is 0 Å². The fourth-order valence-corrected chi connectivity index (χ4v) is 3.09. The lowest BCUT2D eigenvalue weighted by Gasteiger charge is -2.20. The van der Waals surface area contributed by atoms with E-state index in [9.17, 15) is 4.79 Å². The van der Waals surface area contributed by atoms with Crippen molar-refractivity contribution in [2.24, 2.45) is 7.05 Å². The van der Waals surface area contributed by atoms with E-state index in [1.54, 1.807) is 25.4 Å². The lowest BCUT2D eigenvalue weighted by molar-refractivity contribution is -0.121. The summed E-state index contributed by atoms with van der Waals surface area (Å²) in [5.74, 6) is 2.15. The number of hydrogen-bond acceptors (Lipinski definition) is 4. The molecule has 1 unspecified atom stereocenters. The van der Waals surface area contributed by atoms with Crippen LogP contribution in [0.5, 0.6) is 11.5 Å². The van der Waals surface area contributed by atoms with Gasteiger partial charge in [0.05, 0.1) is 13.7 Å². The van der Waals surface area contributed by atoms with E-state index >= 15 is 0 Å². The van der Waals surface area contributed by atoms with Gasteiger partial charge in [-0.15, -0.1) is 0 Å². The number of nitrogens with one attached hydrogen (secondary N) is 1. The molecule has 7 heteroatoms. The summed E-state index contributed by atoms with van der Waals surface area (Å²) >= 11 is 5.86. The molecule has 1 N–H and O–H groups in total. The van der Waals surface area contributed by atoms with Crippen molar-refractivity contribution in [1.82, 2.24) is 14.9 Å². The van der Waals surface area contributed by atoms with Crippen LogP contribution in [0.4, 0.5) is 0 Å². The van der Waals surface area contributed by atoms with Crippen LogP contribution in [0.15, 0.2) is 60.9 Å². The Morgan fingerprint density at radius 2 is 2.00 bits per heavy atom. The summed E-state index contributed by atoms with van der Waals surface area (Å²) in [4.78, 5) is 17.0. The van der Waals surface area contributed by atoms with Gasteiger partial charge in [0.15, 0.2) is 0 Å². The number of benzene rings is 2. The fourth-order valence-electron chi connectivity index (χ4n) is 2.96. The summed E-state index contributed by atoms with van der Waals surface area (Å²) in [5, 5.41) is 3.74. The zero-order chi connectivity index (χ0) is 20.6. The summed E-state index contributed by atoms with van der Waals surface area (Å²) in [7, 11) is 3.52. The molecule has 29 heavy (non-hydrogen) atoms. The molecule has 0 saturated carbocycles. The Morgan fingerprint density at radius 1 is 1.21 bits per heavy atom. The molecular formula is C22H24ClN3O3. The average molecular weight is 414 g/mol. The lowest BCUT2D eigenvalue weighted by atomic mass is 10.1. The Kier molecular flexibility index (Phi) is 7.14. The second kappa shape index (κ2) is 9.98. The first-order valence-corrected chi connectivity index (χ1v) is 9.73. The molecule has 0 aliphatic carbocycles. The van der Waals surface area contributed by atoms with Gasteiger partial charge in [-0.3, -0.25) is 4.79 Å². The smallest absolute Gasteiger partial charge is 0.220 e. The normalized spacial score (nSPS) is 11.7. The van der Waals surface area contributed by atoms with Crippen LogP contribution < -0.4 is 14.8 Å². The number of methoxy groups -OCH3 is 1. The molecule has 0 spiro atoms. The van der Waals surface area contributed by atoms with E-state index in [-0.39, 0.29) is 11.9 Å². The Labute approximate surface area is 175 Å². The van der Waals surface area contributed by atoms with Crippen LogP contribution in [0, 0.1) is 0 Å². The Hall–Kier alpha value is -2.99. The molecule has 2 aromatic carbocycles.